The SMILES string of the molecule is CC[C@@H](C)[C@@H](NC(=O)c1cc(COC)on1)C(=O)O. The summed E-state index contributed by atoms with van der Waals surface area (Å²) in [6, 6.07) is 0.481. The number of amides is 1. The van der Waals surface area contributed by atoms with Crippen molar-refractivity contribution in [3.05, 3.63) is 17.5 Å². The van der Waals surface area contributed by atoms with E-state index in [0.29, 0.717) is 12.2 Å². The average Bonchev–Trinajstić information content (AvgIpc) is 2.83. The van der Waals surface area contributed by atoms with Gasteiger partial charge < -0.3 is 19.7 Å². The first-order valence-corrected chi connectivity index (χ1v) is 5.97. The van der Waals surface area contributed by atoms with Gasteiger partial charge in [-0.05, 0) is 5.92 Å². The third-order valence-corrected chi connectivity index (χ3v) is 2.84. The quantitative estimate of drug-likeness (QED) is 0.767. The fraction of sp³-hybridized carbons (Fsp3) is 0.583. The number of hydrogen-bond donors (Lipinski definition) is 2. The van der Waals surface area contributed by atoms with Crippen LogP contribution in [-0.4, -0.2) is 35.3 Å². The van der Waals surface area contributed by atoms with Gasteiger partial charge in [0, 0.05) is 13.2 Å². The van der Waals surface area contributed by atoms with Gasteiger partial charge in [-0.15, -0.1) is 0 Å². The van der Waals surface area contributed by atoms with Crippen molar-refractivity contribution in [3.8, 4) is 0 Å². The van der Waals surface area contributed by atoms with Gasteiger partial charge in [0.05, 0.1) is 0 Å². The Balaban J connectivity index is 2.73. The Labute approximate surface area is 110 Å². The fourth-order valence-electron chi connectivity index (χ4n) is 1.53. The molecule has 0 radical (unpaired) electrons. The van der Waals surface area contributed by atoms with E-state index in [-0.39, 0.29) is 18.2 Å². The highest BCUT2D eigenvalue weighted by Gasteiger charge is 2.26. The van der Waals surface area contributed by atoms with Crippen LogP contribution in [0.15, 0.2) is 10.6 Å². The zero-order chi connectivity index (χ0) is 14.4. The van der Waals surface area contributed by atoms with Gasteiger partial charge in [-0.1, -0.05) is 25.4 Å². The van der Waals surface area contributed by atoms with Crippen LogP contribution in [0.1, 0.15) is 36.5 Å². The monoisotopic (exact) mass is 270 g/mol. The third kappa shape index (κ3) is 4.06. The smallest absolute Gasteiger partial charge is 0.326 e. The van der Waals surface area contributed by atoms with E-state index in [0.717, 1.165) is 0 Å². The van der Waals surface area contributed by atoms with Gasteiger partial charge in [0.15, 0.2) is 11.5 Å². The first kappa shape index (κ1) is 15.2. The second-order valence-electron chi connectivity index (χ2n) is 4.29. The average molecular weight is 270 g/mol. The van der Waals surface area contributed by atoms with Crippen LogP contribution >= 0.6 is 0 Å². The molecule has 0 unspecified atom stereocenters. The first-order valence-electron chi connectivity index (χ1n) is 5.97. The number of nitrogens with one attached hydrogen (secondary N) is 1. The maximum absolute atomic E-state index is 11.9. The number of aromatic nitrogens is 1. The highest BCUT2D eigenvalue weighted by atomic mass is 16.5. The van der Waals surface area contributed by atoms with Crippen molar-refractivity contribution in [2.24, 2.45) is 5.92 Å². The summed E-state index contributed by atoms with van der Waals surface area (Å²) in [5.41, 5.74) is 0.0432. The van der Waals surface area contributed by atoms with E-state index >= 15 is 0 Å². The Bertz CT molecular complexity index is 443. The van der Waals surface area contributed by atoms with Crippen molar-refractivity contribution in [1.29, 1.82) is 0 Å². The van der Waals surface area contributed by atoms with Gasteiger partial charge in [-0.3, -0.25) is 4.79 Å². The summed E-state index contributed by atoms with van der Waals surface area (Å²) in [7, 11) is 1.49. The number of methoxy groups -OCH3 is 1. The van der Waals surface area contributed by atoms with E-state index in [1.807, 2.05) is 6.92 Å². The van der Waals surface area contributed by atoms with E-state index in [4.69, 9.17) is 14.4 Å². The maximum atomic E-state index is 11.9. The van der Waals surface area contributed by atoms with E-state index in [1.165, 1.54) is 13.2 Å². The van der Waals surface area contributed by atoms with E-state index in [2.05, 4.69) is 10.5 Å². The fourth-order valence-corrected chi connectivity index (χ4v) is 1.53. The highest BCUT2D eigenvalue weighted by molar-refractivity contribution is 5.94. The van der Waals surface area contributed by atoms with Crippen molar-refractivity contribution in [1.82, 2.24) is 10.5 Å². The summed E-state index contributed by atoms with van der Waals surface area (Å²) >= 11 is 0. The van der Waals surface area contributed by atoms with E-state index in [1.54, 1.807) is 6.92 Å². The Hall–Kier alpha value is -1.89. The number of aliphatic carboxylic acids is 1. The van der Waals surface area contributed by atoms with Gasteiger partial charge in [-0.25, -0.2) is 4.79 Å². The van der Waals surface area contributed by atoms with Gasteiger partial charge >= 0.3 is 5.97 Å². The first-order chi connectivity index (χ1) is 8.99. The van der Waals surface area contributed by atoms with Gasteiger partial charge in [-0.2, -0.15) is 0 Å². The number of nitrogens with zero attached hydrogens (tertiary/aromatic N) is 1. The maximum Gasteiger partial charge on any atom is 0.326 e. The Kier molecular flexibility index (Phi) is 5.50. The molecule has 19 heavy (non-hydrogen) atoms. The molecule has 2 N–H and O–H groups in total. The minimum absolute atomic E-state index is 0.0432. The standard InChI is InChI=1S/C12H18N2O5/c1-4-7(2)10(12(16)17)13-11(15)9-5-8(6-18-3)19-14-9/h5,7,10H,4,6H2,1-3H3,(H,13,15)(H,16,17)/t7-,10-/m1/s1. The lowest BCUT2D eigenvalue weighted by Crippen LogP contribution is -2.45. The number of carbonyl (C=O) groups excluding carboxylic acids is 1. The summed E-state index contributed by atoms with van der Waals surface area (Å²) in [6.45, 7) is 3.83. The molecule has 0 spiro atoms. The molecule has 1 rings (SSSR count). The van der Waals surface area contributed by atoms with Gasteiger partial charge in [0.2, 0.25) is 0 Å². The lowest BCUT2D eigenvalue weighted by molar-refractivity contribution is -0.140. The minimum atomic E-state index is -1.07. The molecule has 1 aromatic rings. The molecule has 0 saturated carbocycles. The second kappa shape index (κ2) is 6.89. The van der Waals surface area contributed by atoms with Crippen molar-refractivity contribution < 1.29 is 24.0 Å². The number of carbonyl (C=O) groups is 2. The highest BCUT2D eigenvalue weighted by Crippen LogP contribution is 2.10. The molecule has 2 atom stereocenters. The summed E-state index contributed by atoms with van der Waals surface area (Å²) in [5, 5.41) is 15.1. The second-order valence-corrected chi connectivity index (χ2v) is 4.29. The Morgan fingerprint density at radius 2 is 2.26 bits per heavy atom. The molecule has 106 valence electrons. The molecule has 1 aromatic heterocycles. The van der Waals surface area contributed by atoms with Crippen molar-refractivity contribution in [2.75, 3.05) is 7.11 Å². The summed E-state index contributed by atoms with van der Waals surface area (Å²) in [6.07, 6.45) is 0.644. The van der Waals surface area contributed by atoms with E-state index in [9.17, 15) is 9.59 Å². The number of ether oxygens (including phenoxy) is 1. The van der Waals surface area contributed by atoms with Crippen molar-refractivity contribution in [3.63, 3.8) is 0 Å². The molecular weight excluding hydrogens is 252 g/mol. The third-order valence-electron chi connectivity index (χ3n) is 2.84. The molecule has 0 bridgehead atoms. The van der Waals surface area contributed by atoms with E-state index < -0.39 is 17.9 Å². The molecule has 7 heteroatoms. The van der Waals surface area contributed by atoms with Crippen LogP contribution in [0.25, 0.3) is 0 Å². The zero-order valence-corrected chi connectivity index (χ0v) is 11.2. The van der Waals surface area contributed by atoms with Crippen LogP contribution in [-0.2, 0) is 16.1 Å². The number of carboxylic acid groups (broad SMARTS) is 1. The predicted octanol–water partition coefficient (Wildman–Crippen LogP) is 1.05. The molecular formula is C12H18N2O5. The Morgan fingerprint density at radius 3 is 2.79 bits per heavy atom. The van der Waals surface area contributed by atoms with Crippen molar-refractivity contribution in [2.45, 2.75) is 32.9 Å². The van der Waals surface area contributed by atoms with Crippen LogP contribution in [0.2, 0.25) is 0 Å². The predicted molar refractivity (Wildman–Crippen MR) is 65.6 cm³/mol. The topological polar surface area (TPSA) is 102 Å². The summed E-state index contributed by atoms with van der Waals surface area (Å²) in [5.74, 6) is -1.41. The number of rotatable bonds is 7. The lowest BCUT2D eigenvalue weighted by Gasteiger charge is -2.19. The molecule has 0 aromatic carbocycles. The summed E-state index contributed by atoms with van der Waals surface area (Å²) < 4.78 is 9.71. The Morgan fingerprint density at radius 1 is 1.58 bits per heavy atom. The van der Waals surface area contributed by atoms with Gasteiger partial charge in [0.25, 0.3) is 5.91 Å². The minimum Gasteiger partial charge on any atom is -0.480 e. The zero-order valence-electron chi connectivity index (χ0n) is 11.2. The lowest BCUT2D eigenvalue weighted by atomic mass is 9.99. The molecule has 0 saturated heterocycles. The molecule has 1 heterocycles. The number of hydrogen-bond acceptors (Lipinski definition) is 5. The van der Waals surface area contributed by atoms with Crippen LogP contribution in [0.4, 0.5) is 0 Å². The van der Waals surface area contributed by atoms with Crippen LogP contribution < -0.4 is 5.32 Å². The molecule has 0 aliphatic carbocycles. The molecule has 7 nitrogen and oxygen atoms in total. The molecule has 1 amide bonds. The van der Waals surface area contributed by atoms with Crippen LogP contribution in [0.3, 0.4) is 0 Å². The van der Waals surface area contributed by atoms with Crippen LogP contribution in [0, 0.1) is 5.92 Å². The van der Waals surface area contributed by atoms with Crippen molar-refractivity contribution >= 4 is 11.9 Å². The molecule has 0 fully saturated rings. The normalized spacial score (nSPS) is 13.8. The largest absolute Gasteiger partial charge is 0.480 e. The van der Waals surface area contributed by atoms with Crippen LogP contribution in [0.5, 0.6) is 0 Å². The summed E-state index contributed by atoms with van der Waals surface area (Å²) in [4.78, 5) is 23.0. The van der Waals surface area contributed by atoms with Gasteiger partial charge in [0.1, 0.15) is 12.6 Å². The molecule has 0 aliphatic heterocycles. The number of carboxylic acids is 1. The molecule has 0 aliphatic rings.